The van der Waals surface area contributed by atoms with Crippen LogP contribution in [0.1, 0.15) is 43.6 Å². The summed E-state index contributed by atoms with van der Waals surface area (Å²) in [6, 6.07) is 11.2. The molecule has 1 amide bonds. The first-order chi connectivity index (χ1) is 14.1. The number of nitrogens with one attached hydrogen (secondary N) is 3. The predicted octanol–water partition coefficient (Wildman–Crippen LogP) is 3.68. The Hall–Kier alpha value is -3.00. The summed E-state index contributed by atoms with van der Waals surface area (Å²) in [5, 5.41) is 19.6. The Morgan fingerprint density at radius 3 is 2.48 bits per heavy atom. The second-order valence-electron chi connectivity index (χ2n) is 7.27. The average molecular weight is 397 g/mol. The van der Waals surface area contributed by atoms with Crippen LogP contribution in [0.15, 0.2) is 42.6 Å². The SMILES string of the molecule is O=C(CNCCNc1ccc([N+](=O)[O-])cn1)Nc1ccc(C2CCCCC2)cc1. The van der Waals surface area contributed by atoms with Crippen molar-refractivity contribution in [3.8, 4) is 0 Å². The average Bonchev–Trinajstić information content (AvgIpc) is 2.75. The number of aromatic nitrogens is 1. The van der Waals surface area contributed by atoms with E-state index in [4.69, 9.17) is 0 Å². The number of hydrogen-bond acceptors (Lipinski definition) is 6. The number of hydrogen-bond donors (Lipinski definition) is 3. The molecule has 29 heavy (non-hydrogen) atoms. The highest BCUT2D eigenvalue weighted by molar-refractivity contribution is 5.92. The lowest BCUT2D eigenvalue weighted by molar-refractivity contribution is -0.385. The molecule has 0 spiro atoms. The Labute approximate surface area is 170 Å². The molecule has 0 saturated heterocycles. The van der Waals surface area contributed by atoms with Crippen LogP contribution in [-0.4, -0.2) is 35.4 Å². The van der Waals surface area contributed by atoms with Gasteiger partial charge in [-0.1, -0.05) is 31.4 Å². The number of nitrogens with zero attached hydrogens (tertiary/aromatic N) is 2. The van der Waals surface area contributed by atoms with Gasteiger partial charge in [0, 0.05) is 24.8 Å². The molecule has 1 aliphatic carbocycles. The highest BCUT2D eigenvalue weighted by atomic mass is 16.6. The Kier molecular flexibility index (Phi) is 7.52. The van der Waals surface area contributed by atoms with Gasteiger partial charge < -0.3 is 16.0 Å². The predicted molar refractivity (Wildman–Crippen MR) is 113 cm³/mol. The fraction of sp³-hybridized carbons (Fsp3) is 0.429. The lowest BCUT2D eigenvalue weighted by Crippen LogP contribution is -2.31. The molecule has 1 fully saturated rings. The number of carbonyl (C=O) groups is 1. The molecule has 0 bridgehead atoms. The molecule has 0 unspecified atom stereocenters. The van der Waals surface area contributed by atoms with E-state index in [0.29, 0.717) is 24.8 Å². The third-order valence-electron chi connectivity index (χ3n) is 5.12. The van der Waals surface area contributed by atoms with Crippen molar-refractivity contribution in [1.29, 1.82) is 0 Å². The number of amides is 1. The monoisotopic (exact) mass is 397 g/mol. The first-order valence-corrected chi connectivity index (χ1v) is 10.1. The largest absolute Gasteiger partial charge is 0.369 e. The van der Waals surface area contributed by atoms with Gasteiger partial charge in [0.1, 0.15) is 12.0 Å². The summed E-state index contributed by atoms with van der Waals surface area (Å²) in [5.74, 6) is 1.12. The molecule has 8 nitrogen and oxygen atoms in total. The van der Waals surface area contributed by atoms with Crippen molar-refractivity contribution >= 4 is 23.1 Å². The second-order valence-corrected chi connectivity index (χ2v) is 7.27. The van der Waals surface area contributed by atoms with Crippen molar-refractivity contribution in [2.24, 2.45) is 0 Å². The van der Waals surface area contributed by atoms with E-state index in [1.807, 2.05) is 12.1 Å². The van der Waals surface area contributed by atoms with Crippen LogP contribution in [-0.2, 0) is 4.79 Å². The minimum Gasteiger partial charge on any atom is -0.369 e. The topological polar surface area (TPSA) is 109 Å². The maximum Gasteiger partial charge on any atom is 0.287 e. The normalized spacial score (nSPS) is 14.3. The van der Waals surface area contributed by atoms with Gasteiger partial charge in [-0.25, -0.2) is 4.98 Å². The summed E-state index contributed by atoms with van der Waals surface area (Å²) < 4.78 is 0. The van der Waals surface area contributed by atoms with Crippen molar-refractivity contribution in [2.75, 3.05) is 30.3 Å². The molecule has 154 valence electrons. The van der Waals surface area contributed by atoms with E-state index in [-0.39, 0.29) is 18.1 Å². The third-order valence-corrected chi connectivity index (χ3v) is 5.12. The summed E-state index contributed by atoms with van der Waals surface area (Å²) in [5.41, 5.74) is 2.13. The first-order valence-electron chi connectivity index (χ1n) is 10.1. The summed E-state index contributed by atoms with van der Waals surface area (Å²) in [4.78, 5) is 26.1. The van der Waals surface area contributed by atoms with Gasteiger partial charge in [-0.3, -0.25) is 14.9 Å². The number of rotatable bonds is 9. The molecule has 0 aliphatic heterocycles. The molecule has 1 saturated carbocycles. The van der Waals surface area contributed by atoms with Crippen LogP contribution in [0.5, 0.6) is 0 Å². The lowest BCUT2D eigenvalue weighted by Gasteiger charge is -2.22. The van der Waals surface area contributed by atoms with Crippen molar-refractivity contribution in [2.45, 2.75) is 38.0 Å². The fourth-order valence-corrected chi connectivity index (χ4v) is 3.56. The number of pyridine rings is 1. The smallest absolute Gasteiger partial charge is 0.287 e. The Morgan fingerprint density at radius 1 is 1.07 bits per heavy atom. The van der Waals surface area contributed by atoms with Crippen LogP contribution >= 0.6 is 0 Å². The van der Waals surface area contributed by atoms with Gasteiger partial charge in [-0.2, -0.15) is 0 Å². The van der Waals surface area contributed by atoms with Crippen molar-refractivity contribution < 1.29 is 9.72 Å². The maximum atomic E-state index is 12.1. The summed E-state index contributed by atoms with van der Waals surface area (Å²) in [6.07, 6.45) is 7.70. The Morgan fingerprint density at radius 2 is 1.83 bits per heavy atom. The van der Waals surface area contributed by atoms with Crippen LogP contribution in [0.2, 0.25) is 0 Å². The van der Waals surface area contributed by atoms with E-state index in [9.17, 15) is 14.9 Å². The zero-order valence-corrected chi connectivity index (χ0v) is 16.4. The van der Waals surface area contributed by atoms with Crippen LogP contribution in [0, 0.1) is 10.1 Å². The van der Waals surface area contributed by atoms with E-state index >= 15 is 0 Å². The number of nitro groups is 1. The van der Waals surface area contributed by atoms with Crippen LogP contribution in [0.4, 0.5) is 17.2 Å². The minimum atomic E-state index is -0.486. The van der Waals surface area contributed by atoms with Crippen molar-refractivity contribution in [3.05, 3.63) is 58.3 Å². The summed E-state index contributed by atoms with van der Waals surface area (Å²) >= 11 is 0. The molecule has 0 radical (unpaired) electrons. The van der Waals surface area contributed by atoms with Crippen molar-refractivity contribution in [3.63, 3.8) is 0 Å². The van der Waals surface area contributed by atoms with E-state index in [1.54, 1.807) is 6.07 Å². The van der Waals surface area contributed by atoms with E-state index < -0.39 is 4.92 Å². The van der Waals surface area contributed by atoms with E-state index in [1.165, 1.54) is 49.9 Å². The molecule has 1 heterocycles. The van der Waals surface area contributed by atoms with Gasteiger partial charge in [0.15, 0.2) is 0 Å². The second kappa shape index (κ2) is 10.5. The molecule has 2 aromatic rings. The van der Waals surface area contributed by atoms with Gasteiger partial charge >= 0.3 is 0 Å². The minimum absolute atomic E-state index is 0.0443. The van der Waals surface area contributed by atoms with E-state index in [0.717, 1.165) is 5.69 Å². The summed E-state index contributed by atoms with van der Waals surface area (Å²) in [6.45, 7) is 1.32. The number of benzene rings is 1. The standard InChI is InChI=1S/C21H27N5O3/c27-21(15-22-12-13-23-20-11-10-19(14-24-20)26(28)29)25-18-8-6-17(7-9-18)16-4-2-1-3-5-16/h6-11,14,16,22H,1-5,12-13,15H2,(H,23,24)(H,25,27). The Bertz CT molecular complexity index is 802. The quantitative estimate of drug-likeness (QED) is 0.338. The van der Waals surface area contributed by atoms with Gasteiger partial charge in [0.25, 0.3) is 5.69 Å². The van der Waals surface area contributed by atoms with Gasteiger partial charge in [-0.05, 0) is 42.5 Å². The molecule has 1 aliphatic rings. The molecule has 1 aromatic heterocycles. The zero-order valence-electron chi connectivity index (χ0n) is 16.4. The number of anilines is 2. The molecule has 3 N–H and O–H groups in total. The van der Waals surface area contributed by atoms with Crippen LogP contribution in [0.25, 0.3) is 0 Å². The van der Waals surface area contributed by atoms with E-state index in [2.05, 4.69) is 33.1 Å². The van der Waals surface area contributed by atoms with Crippen LogP contribution in [0.3, 0.4) is 0 Å². The Balaban J connectivity index is 1.33. The highest BCUT2D eigenvalue weighted by Crippen LogP contribution is 2.32. The molecular formula is C21H27N5O3. The van der Waals surface area contributed by atoms with Crippen LogP contribution < -0.4 is 16.0 Å². The molecule has 0 atom stereocenters. The summed E-state index contributed by atoms with van der Waals surface area (Å²) in [7, 11) is 0. The lowest BCUT2D eigenvalue weighted by atomic mass is 9.84. The molecule has 1 aromatic carbocycles. The van der Waals surface area contributed by atoms with Gasteiger partial charge in [0.2, 0.25) is 5.91 Å². The molecular weight excluding hydrogens is 370 g/mol. The molecule has 3 rings (SSSR count). The highest BCUT2D eigenvalue weighted by Gasteiger charge is 2.15. The van der Waals surface area contributed by atoms with Gasteiger partial charge in [0.05, 0.1) is 11.5 Å². The third kappa shape index (κ3) is 6.53. The maximum absolute atomic E-state index is 12.1. The number of carbonyl (C=O) groups excluding carboxylic acids is 1. The first kappa shape index (κ1) is 20.7. The fourth-order valence-electron chi connectivity index (χ4n) is 3.56. The van der Waals surface area contributed by atoms with Gasteiger partial charge in [-0.15, -0.1) is 0 Å². The van der Waals surface area contributed by atoms with Crippen molar-refractivity contribution in [1.82, 2.24) is 10.3 Å². The zero-order chi connectivity index (χ0) is 20.5. The molecule has 8 heteroatoms.